The van der Waals surface area contributed by atoms with Crippen molar-refractivity contribution >= 4 is 21.4 Å². The second-order valence-electron chi connectivity index (χ2n) is 6.12. The monoisotopic (exact) mass is 361 g/mol. The van der Waals surface area contributed by atoms with Gasteiger partial charge in [0.2, 0.25) is 0 Å². The minimum Gasteiger partial charge on any atom is -0.395 e. The summed E-state index contributed by atoms with van der Waals surface area (Å²) in [6, 6.07) is 15.3. The zero-order chi connectivity index (χ0) is 17.5. The van der Waals surface area contributed by atoms with E-state index in [-0.39, 0.29) is 4.90 Å². The molecule has 0 aromatic heterocycles. The molecule has 0 saturated heterocycles. The van der Waals surface area contributed by atoms with E-state index >= 15 is 0 Å². The van der Waals surface area contributed by atoms with Gasteiger partial charge in [-0.15, -0.1) is 0 Å². The first kappa shape index (κ1) is 17.0. The molecule has 4 nitrogen and oxygen atoms in total. The molecule has 3 rings (SSSR count). The maximum Gasteiger partial charge on any atom is 0.183 e. The van der Waals surface area contributed by atoms with Gasteiger partial charge >= 0.3 is 0 Å². The Labute approximate surface area is 146 Å². The highest BCUT2D eigenvalue weighted by Crippen LogP contribution is 2.63. The lowest BCUT2D eigenvalue weighted by Crippen LogP contribution is -2.18. The highest BCUT2D eigenvalue weighted by atomic mass is 35.5. The summed E-state index contributed by atoms with van der Waals surface area (Å²) in [5.41, 5.74) is 0.262. The van der Waals surface area contributed by atoms with Gasteiger partial charge in [0, 0.05) is 10.9 Å². The van der Waals surface area contributed by atoms with Gasteiger partial charge in [-0.05, 0) is 36.8 Å². The van der Waals surface area contributed by atoms with Gasteiger partial charge in [-0.25, -0.2) is 8.42 Å². The van der Waals surface area contributed by atoms with E-state index in [2.05, 4.69) is 0 Å². The van der Waals surface area contributed by atoms with Gasteiger partial charge in [0.25, 0.3) is 0 Å². The molecule has 0 heterocycles. The smallest absolute Gasteiger partial charge is 0.183 e. The maximum atomic E-state index is 13.0. The molecule has 3 atom stereocenters. The molecule has 0 aliphatic heterocycles. The molecule has 1 N–H and O–H groups in total. The average molecular weight is 362 g/mol. The zero-order valence-electron chi connectivity index (χ0n) is 13.0. The molecular formula is C18H16ClNO3S. The second-order valence-corrected chi connectivity index (χ2v) is 8.63. The van der Waals surface area contributed by atoms with Crippen LogP contribution in [-0.2, 0) is 9.84 Å². The molecule has 0 unspecified atom stereocenters. The van der Waals surface area contributed by atoms with E-state index in [1.165, 1.54) is 12.1 Å². The first-order valence-electron chi connectivity index (χ1n) is 7.45. The van der Waals surface area contributed by atoms with Crippen molar-refractivity contribution in [1.82, 2.24) is 0 Å². The Hall–Kier alpha value is -1.87. The largest absolute Gasteiger partial charge is 0.395 e. The summed E-state index contributed by atoms with van der Waals surface area (Å²) in [5.74, 6) is -0.600. The van der Waals surface area contributed by atoms with Crippen LogP contribution in [0.5, 0.6) is 0 Å². The molecule has 124 valence electrons. The van der Waals surface area contributed by atoms with E-state index in [4.69, 9.17) is 11.6 Å². The fourth-order valence-electron chi connectivity index (χ4n) is 3.26. The van der Waals surface area contributed by atoms with Gasteiger partial charge in [-0.2, -0.15) is 5.26 Å². The van der Waals surface area contributed by atoms with Crippen LogP contribution in [0.3, 0.4) is 0 Å². The molecule has 2 aromatic carbocycles. The third-order valence-corrected chi connectivity index (χ3v) is 7.14. The van der Waals surface area contributed by atoms with E-state index in [9.17, 15) is 18.8 Å². The summed E-state index contributed by atoms with van der Waals surface area (Å²) >= 11 is 6.00. The molecule has 2 aromatic rings. The van der Waals surface area contributed by atoms with Gasteiger partial charge in [-0.1, -0.05) is 41.4 Å². The van der Waals surface area contributed by atoms with E-state index in [0.717, 1.165) is 5.56 Å². The first-order chi connectivity index (χ1) is 11.4. The van der Waals surface area contributed by atoms with Crippen molar-refractivity contribution in [3.05, 3.63) is 64.7 Å². The van der Waals surface area contributed by atoms with Crippen LogP contribution in [0.1, 0.15) is 17.0 Å². The fourth-order valence-corrected chi connectivity index (χ4v) is 5.78. The molecular weight excluding hydrogens is 346 g/mol. The van der Waals surface area contributed by atoms with Gasteiger partial charge in [0.1, 0.15) is 5.41 Å². The molecule has 6 heteroatoms. The summed E-state index contributed by atoms with van der Waals surface area (Å²) in [6.07, 6.45) is 0. The Bertz CT molecular complexity index is 918. The van der Waals surface area contributed by atoms with Crippen molar-refractivity contribution < 1.29 is 13.5 Å². The Kier molecular flexibility index (Phi) is 4.16. The summed E-state index contributed by atoms with van der Waals surface area (Å²) in [6.45, 7) is 1.35. The van der Waals surface area contributed by atoms with Crippen molar-refractivity contribution in [2.75, 3.05) is 6.61 Å². The van der Waals surface area contributed by atoms with Crippen molar-refractivity contribution in [2.45, 2.75) is 23.0 Å². The van der Waals surface area contributed by atoms with Crippen LogP contribution in [0.15, 0.2) is 53.4 Å². The van der Waals surface area contributed by atoms with E-state index in [1.54, 1.807) is 36.4 Å². The summed E-state index contributed by atoms with van der Waals surface area (Å²) in [5, 5.41) is 18.8. The van der Waals surface area contributed by atoms with E-state index in [1.807, 2.05) is 13.0 Å². The summed E-state index contributed by atoms with van der Waals surface area (Å²) in [7, 11) is -3.75. The lowest BCUT2D eigenvalue weighted by molar-refractivity contribution is 0.242. The van der Waals surface area contributed by atoms with Crippen LogP contribution in [0.2, 0.25) is 5.02 Å². The molecule has 1 aliphatic rings. The third kappa shape index (κ3) is 2.51. The van der Waals surface area contributed by atoms with Crippen LogP contribution in [0.4, 0.5) is 0 Å². The van der Waals surface area contributed by atoms with Gasteiger partial charge < -0.3 is 5.11 Å². The van der Waals surface area contributed by atoms with E-state index in [0.29, 0.717) is 10.6 Å². The van der Waals surface area contributed by atoms with E-state index < -0.39 is 33.0 Å². The second kappa shape index (κ2) is 5.89. The fraction of sp³-hybridized carbons (Fsp3) is 0.278. The highest BCUT2D eigenvalue weighted by molar-refractivity contribution is 7.92. The molecule has 1 fully saturated rings. The Morgan fingerprint density at radius 2 is 1.92 bits per heavy atom. The number of hydrogen-bond acceptors (Lipinski definition) is 4. The number of aliphatic hydroxyl groups is 1. The molecule has 1 aliphatic carbocycles. The number of aryl methyl sites for hydroxylation is 1. The molecule has 0 spiro atoms. The number of rotatable bonds is 4. The predicted molar refractivity (Wildman–Crippen MR) is 91.5 cm³/mol. The van der Waals surface area contributed by atoms with Crippen molar-refractivity contribution in [3.63, 3.8) is 0 Å². The minimum absolute atomic E-state index is 0.163. The zero-order valence-corrected chi connectivity index (χ0v) is 14.6. The van der Waals surface area contributed by atoms with Crippen LogP contribution in [0.25, 0.3) is 0 Å². The molecule has 0 bridgehead atoms. The minimum atomic E-state index is -3.75. The summed E-state index contributed by atoms with van der Waals surface area (Å²) in [4.78, 5) is 0.163. The van der Waals surface area contributed by atoms with Crippen LogP contribution in [-0.4, -0.2) is 25.4 Å². The lowest BCUT2D eigenvalue weighted by atomic mass is 10.0. The number of halogens is 1. The Balaban J connectivity index is 2.08. The molecule has 24 heavy (non-hydrogen) atoms. The standard InChI is InChI=1S/C18H16ClNO3S/c1-12-5-7-15(8-6-12)24(22,23)17-16(18(17,10-20)11-21)13-3-2-4-14(19)9-13/h2-9,16-17,21H,11H2,1H3/t16-,17+,18-/m1/s1. The number of hydrogen-bond donors (Lipinski definition) is 1. The van der Waals surface area contributed by atoms with Crippen LogP contribution < -0.4 is 0 Å². The molecule has 0 amide bonds. The SMILES string of the molecule is Cc1ccc(S(=O)(=O)[C@H]2[C@@H](c3cccc(Cl)c3)[C@@]2(C#N)CO)cc1. The first-order valence-corrected chi connectivity index (χ1v) is 9.37. The Morgan fingerprint density at radius 1 is 1.25 bits per heavy atom. The average Bonchev–Trinajstić information content (AvgIpc) is 3.26. The third-order valence-electron chi connectivity index (χ3n) is 4.62. The maximum absolute atomic E-state index is 13.0. The highest BCUT2D eigenvalue weighted by Gasteiger charge is 2.72. The van der Waals surface area contributed by atoms with Crippen molar-refractivity contribution in [3.8, 4) is 6.07 Å². The number of nitrogens with zero attached hydrogens (tertiary/aromatic N) is 1. The lowest BCUT2D eigenvalue weighted by Gasteiger charge is -2.06. The Morgan fingerprint density at radius 3 is 2.46 bits per heavy atom. The van der Waals surface area contributed by atoms with Gasteiger partial charge in [-0.3, -0.25) is 0 Å². The topological polar surface area (TPSA) is 78.2 Å². The molecule has 1 saturated carbocycles. The van der Waals surface area contributed by atoms with Crippen molar-refractivity contribution in [1.29, 1.82) is 5.26 Å². The van der Waals surface area contributed by atoms with Crippen LogP contribution >= 0.6 is 11.6 Å². The van der Waals surface area contributed by atoms with Crippen LogP contribution in [0, 0.1) is 23.7 Å². The number of nitriles is 1. The van der Waals surface area contributed by atoms with Gasteiger partial charge in [0.15, 0.2) is 9.84 Å². The number of aliphatic hydroxyl groups excluding tert-OH is 1. The quantitative estimate of drug-likeness (QED) is 0.907. The summed E-state index contributed by atoms with van der Waals surface area (Å²) < 4.78 is 26.0. The molecule has 0 radical (unpaired) electrons. The predicted octanol–water partition coefficient (Wildman–Crippen LogP) is 3.09. The number of benzene rings is 2. The number of sulfone groups is 1. The van der Waals surface area contributed by atoms with Gasteiger partial charge in [0.05, 0.1) is 22.8 Å². The normalized spacial score (nSPS) is 25.9. The van der Waals surface area contributed by atoms with Crippen molar-refractivity contribution in [2.24, 2.45) is 5.41 Å².